The predicted octanol–water partition coefficient (Wildman–Crippen LogP) is 2.92. The van der Waals surface area contributed by atoms with Crippen molar-refractivity contribution < 1.29 is 14.2 Å². The smallest absolute Gasteiger partial charge is 0.161 e. The molecule has 0 saturated carbocycles. The van der Waals surface area contributed by atoms with Gasteiger partial charge in [-0.15, -0.1) is 0 Å². The largest absolute Gasteiger partial charge is 0.489 e. The average molecular weight is 291 g/mol. The van der Waals surface area contributed by atoms with Crippen LogP contribution in [0.5, 0.6) is 11.5 Å². The highest BCUT2D eigenvalue weighted by Crippen LogP contribution is 2.34. The van der Waals surface area contributed by atoms with E-state index in [4.69, 9.17) is 14.2 Å². The van der Waals surface area contributed by atoms with Crippen LogP contribution in [0.15, 0.2) is 18.2 Å². The van der Waals surface area contributed by atoms with Crippen LogP contribution in [0.1, 0.15) is 37.8 Å². The fourth-order valence-electron chi connectivity index (χ4n) is 3.00. The molecule has 1 aromatic rings. The molecule has 0 radical (unpaired) electrons. The van der Waals surface area contributed by atoms with Gasteiger partial charge in [-0.3, -0.25) is 0 Å². The molecule has 3 rings (SSSR count). The van der Waals surface area contributed by atoms with Crippen LogP contribution in [-0.2, 0) is 4.74 Å². The van der Waals surface area contributed by atoms with Crippen molar-refractivity contribution in [3.63, 3.8) is 0 Å². The minimum Gasteiger partial charge on any atom is -0.489 e. The molecule has 3 unspecified atom stereocenters. The molecule has 1 aromatic carbocycles. The van der Waals surface area contributed by atoms with Gasteiger partial charge < -0.3 is 19.5 Å². The second kappa shape index (κ2) is 6.67. The summed E-state index contributed by atoms with van der Waals surface area (Å²) in [7, 11) is 2.00. The van der Waals surface area contributed by atoms with Crippen LogP contribution in [-0.4, -0.2) is 33.0 Å². The fourth-order valence-corrected chi connectivity index (χ4v) is 3.00. The quantitative estimate of drug-likeness (QED) is 0.926. The SMILES string of the molecule is CNC(CC1CCCO1)c1ccc2c(c1)OCC(C)CO2. The lowest BCUT2D eigenvalue weighted by Gasteiger charge is -2.21. The predicted molar refractivity (Wildman–Crippen MR) is 82.0 cm³/mol. The number of rotatable bonds is 4. The molecule has 1 fully saturated rings. The van der Waals surface area contributed by atoms with Gasteiger partial charge in [0.2, 0.25) is 0 Å². The second-order valence-corrected chi connectivity index (χ2v) is 6.15. The van der Waals surface area contributed by atoms with Crippen molar-refractivity contribution in [2.45, 2.75) is 38.3 Å². The molecular formula is C17H25NO3. The highest BCUT2D eigenvalue weighted by Gasteiger charge is 2.23. The van der Waals surface area contributed by atoms with Crippen molar-refractivity contribution in [2.24, 2.45) is 5.92 Å². The first-order valence-electron chi connectivity index (χ1n) is 7.94. The Bertz CT molecular complexity index is 471. The van der Waals surface area contributed by atoms with Gasteiger partial charge in [0, 0.05) is 18.6 Å². The van der Waals surface area contributed by atoms with Gasteiger partial charge in [0.25, 0.3) is 0 Å². The van der Waals surface area contributed by atoms with Crippen molar-refractivity contribution in [1.82, 2.24) is 5.32 Å². The number of hydrogen-bond donors (Lipinski definition) is 1. The van der Waals surface area contributed by atoms with E-state index in [0.29, 0.717) is 24.7 Å². The minimum absolute atomic E-state index is 0.294. The summed E-state index contributed by atoms with van der Waals surface area (Å²) in [6.45, 7) is 4.48. The van der Waals surface area contributed by atoms with Gasteiger partial charge in [-0.1, -0.05) is 13.0 Å². The molecule has 2 aliphatic heterocycles. The summed E-state index contributed by atoms with van der Waals surface area (Å²) in [5.41, 5.74) is 1.24. The molecule has 1 saturated heterocycles. The van der Waals surface area contributed by atoms with Crippen molar-refractivity contribution >= 4 is 0 Å². The van der Waals surface area contributed by atoms with Crippen LogP contribution < -0.4 is 14.8 Å². The Morgan fingerprint density at radius 2 is 2.05 bits per heavy atom. The Morgan fingerprint density at radius 3 is 2.76 bits per heavy atom. The minimum atomic E-state index is 0.294. The third-order valence-corrected chi connectivity index (χ3v) is 4.29. The highest BCUT2D eigenvalue weighted by molar-refractivity contribution is 5.44. The van der Waals surface area contributed by atoms with Gasteiger partial charge in [0.1, 0.15) is 0 Å². The van der Waals surface area contributed by atoms with E-state index in [0.717, 1.165) is 31.1 Å². The Balaban J connectivity index is 1.74. The maximum Gasteiger partial charge on any atom is 0.161 e. The van der Waals surface area contributed by atoms with E-state index in [2.05, 4.69) is 24.4 Å². The Labute approximate surface area is 126 Å². The molecule has 2 aliphatic rings. The number of hydrogen-bond acceptors (Lipinski definition) is 4. The van der Waals surface area contributed by atoms with E-state index < -0.39 is 0 Å². The molecule has 0 aliphatic carbocycles. The van der Waals surface area contributed by atoms with Crippen molar-refractivity contribution in [3.8, 4) is 11.5 Å². The molecule has 21 heavy (non-hydrogen) atoms. The first-order chi connectivity index (χ1) is 10.3. The van der Waals surface area contributed by atoms with Crippen molar-refractivity contribution in [2.75, 3.05) is 26.9 Å². The molecule has 4 heteroatoms. The number of nitrogens with one attached hydrogen (secondary N) is 1. The van der Waals surface area contributed by atoms with Crippen molar-refractivity contribution in [1.29, 1.82) is 0 Å². The Kier molecular flexibility index (Phi) is 4.66. The lowest BCUT2D eigenvalue weighted by atomic mass is 9.99. The van der Waals surface area contributed by atoms with E-state index in [1.807, 2.05) is 13.1 Å². The Hall–Kier alpha value is -1.26. The molecule has 0 amide bonds. The van der Waals surface area contributed by atoms with Crippen LogP contribution in [0.4, 0.5) is 0 Å². The van der Waals surface area contributed by atoms with Crippen LogP contribution in [0.25, 0.3) is 0 Å². The van der Waals surface area contributed by atoms with Gasteiger partial charge in [0.15, 0.2) is 11.5 Å². The summed E-state index contributed by atoms with van der Waals surface area (Å²) in [6.07, 6.45) is 3.73. The first-order valence-corrected chi connectivity index (χ1v) is 7.94. The fraction of sp³-hybridized carbons (Fsp3) is 0.647. The second-order valence-electron chi connectivity index (χ2n) is 6.15. The third-order valence-electron chi connectivity index (χ3n) is 4.29. The molecule has 1 N–H and O–H groups in total. The molecule has 116 valence electrons. The lowest BCUT2D eigenvalue weighted by Crippen LogP contribution is -2.22. The summed E-state index contributed by atoms with van der Waals surface area (Å²) in [6, 6.07) is 6.57. The topological polar surface area (TPSA) is 39.7 Å². The summed E-state index contributed by atoms with van der Waals surface area (Å²) in [4.78, 5) is 0. The van der Waals surface area contributed by atoms with E-state index in [1.54, 1.807) is 0 Å². The Morgan fingerprint density at radius 1 is 1.24 bits per heavy atom. The average Bonchev–Trinajstić information content (AvgIpc) is 2.95. The first kappa shape index (κ1) is 14.7. The summed E-state index contributed by atoms with van der Waals surface area (Å²) in [5, 5.41) is 3.40. The van der Waals surface area contributed by atoms with Crippen molar-refractivity contribution in [3.05, 3.63) is 23.8 Å². The van der Waals surface area contributed by atoms with Gasteiger partial charge in [0.05, 0.1) is 19.3 Å². The summed E-state index contributed by atoms with van der Waals surface area (Å²) >= 11 is 0. The van der Waals surface area contributed by atoms with Gasteiger partial charge in [-0.25, -0.2) is 0 Å². The van der Waals surface area contributed by atoms with E-state index >= 15 is 0 Å². The maximum absolute atomic E-state index is 5.88. The van der Waals surface area contributed by atoms with Crippen LogP contribution in [0.3, 0.4) is 0 Å². The number of benzene rings is 1. The van der Waals surface area contributed by atoms with Crippen LogP contribution in [0, 0.1) is 5.92 Å². The van der Waals surface area contributed by atoms with E-state index in [1.165, 1.54) is 18.4 Å². The molecule has 0 spiro atoms. The molecule has 0 bridgehead atoms. The summed E-state index contributed by atoms with van der Waals surface area (Å²) in [5.74, 6) is 2.15. The van der Waals surface area contributed by atoms with Gasteiger partial charge in [-0.05, 0) is 44.0 Å². The highest BCUT2D eigenvalue weighted by atomic mass is 16.5. The number of fused-ring (bicyclic) bond motifs is 1. The van der Waals surface area contributed by atoms with Crippen LogP contribution in [0.2, 0.25) is 0 Å². The summed E-state index contributed by atoms with van der Waals surface area (Å²) < 4.78 is 17.4. The monoisotopic (exact) mass is 291 g/mol. The zero-order valence-corrected chi connectivity index (χ0v) is 12.9. The molecule has 0 aromatic heterocycles. The maximum atomic E-state index is 5.88. The van der Waals surface area contributed by atoms with E-state index in [9.17, 15) is 0 Å². The van der Waals surface area contributed by atoms with Gasteiger partial charge in [-0.2, -0.15) is 0 Å². The van der Waals surface area contributed by atoms with Crippen LogP contribution >= 0.6 is 0 Å². The lowest BCUT2D eigenvalue weighted by molar-refractivity contribution is 0.0953. The molecule has 2 heterocycles. The normalized spacial score (nSPS) is 26.4. The standard InChI is InChI=1S/C17H25NO3/c1-12-10-20-16-6-5-13(8-17(16)21-11-12)15(18-2)9-14-4-3-7-19-14/h5-6,8,12,14-15,18H,3-4,7,9-11H2,1-2H3. The number of ether oxygens (including phenoxy) is 3. The van der Waals surface area contributed by atoms with E-state index in [-0.39, 0.29) is 0 Å². The molecular weight excluding hydrogens is 266 g/mol. The van der Waals surface area contributed by atoms with Gasteiger partial charge >= 0.3 is 0 Å². The molecule has 4 nitrogen and oxygen atoms in total. The zero-order chi connectivity index (χ0) is 14.7. The third kappa shape index (κ3) is 3.50. The zero-order valence-electron chi connectivity index (χ0n) is 12.9. The molecule has 3 atom stereocenters.